The molecule has 148 valence electrons. The first-order valence-electron chi connectivity index (χ1n) is 8.35. The van der Waals surface area contributed by atoms with Gasteiger partial charge in [0.2, 0.25) is 0 Å². The van der Waals surface area contributed by atoms with Crippen LogP contribution in [-0.4, -0.2) is 29.1 Å². The van der Waals surface area contributed by atoms with Gasteiger partial charge in [0.15, 0.2) is 0 Å². The van der Waals surface area contributed by atoms with Gasteiger partial charge in [-0.05, 0) is 24.3 Å². The molecule has 3 aromatic rings. The van der Waals surface area contributed by atoms with Gasteiger partial charge in [-0.15, -0.1) is 0 Å². The number of nitrogens with one attached hydrogen (secondary N) is 3. The van der Waals surface area contributed by atoms with Crippen molar-refractivity contribution in [1.82, 2.24) is 20.9 Å². The predicted molar refractivity (Wildman–Crippen MR) is 107 cm³/mol. The van der Waals surface area contributed by atoms with E-state index in [9.17, 15) is 14.4 Å². The molecule has 0 spiro atoms. The van der Waals surface area contributed by atoms with Crippen LogP contribution in [0.4, 0.5) is 5.69 Å². The smallest absolute Gasteiger partial charge is 0.286 e. The van der Waals surface area contributed by atoms with Crippen molar-refractivity contribution in [3.63, 3.8) is 0 Å². The molecule has 2 heterocycles. The van der Waals surface area contributed by atoms with Crippen molar-refractivity contribution in [2.75, 3.05) is 12.1 Å². The van der Waals surface area contributed by atoms with Crippen molar-refractivity contribution < 1.29 is 14.0 Å². The number of carbonyl (C=O) groups is 2. The van der Waals surface area contributed by atoms with Crippen molar-refractivity contribution in [2.45, 2.75) is 0 Å². The molecule has 0 saturated carbocycles. The SMILES string of the molecule is CN(NC(=O)/C(=C\c1ccco1)NC(=O)c1ccccc1)c1cn[nH]c(=O)c1Cl. The van der Waals surface area contributed by atoms with Crippen LogP contribution in [0.5, 0.6) is 0 Å². The Morgan fingerprint density at radius 1 is 1.21 bits per heavy atom. The van der Waals surface area contributed by atoms with Gasteiger partial charge in [0.25, 0.3) is 17.4 Å². The first-order chi connectivity index (χ1) is 14.0. The van der Waals surface area contributed by atoms with Crippen LogP contribution in [0.1, 0.15) is 16.1 Å². The molecule has 0 unspecified atom stereocenters. The number of amides is 2. The number of halogens is 1. The molecule has 0 fully saturated rings. The average molecular weight is 414 g/mol. The minimum atomic E-state index is -0.662. The number of anilines is 1. The van der Waals surface area contributed by atoms with E-state index in [-0.39, 0.29) is 16.4 Å². The van der Waals surface area contributed by atoms with Gasteiger partial charge in [-0.1, -0.05) is 29.8 Å². The van der Waals surface area contributed by atoms with Gasteiger partial charge < -0.3 is 9.73 Å². The molecular formula is C19H16ClN5O4. The van der Waals surface area contributed by atoms with Crippen LogP contribution < -0.4 is 21.3 Å². The van der Waals surface area contributed by atoms with E-state index in [4.69, 9.17) is 16.0 Å². The molecule has 1 aromatic carbocycles. The summed E-state index contributed by atoms with van der Waals surface area (Å²) >= 11 is 5.95. The maximum atomic E-state index is 12.8. The molecular weight excluding hydrogens is 398 g/mol. The second kappa shape index (κ2) is 8.89. The summed E-state index contributed by atoms with van der Waals surface area (Å²) in [7, 11) is 1.48. The molecule has 0 radical (unpaired) electrons. The molecule has 0 saturated heterocycles. The zero-order chi connectivity index (χ0) is 20.8. The Morgan fingerprint density at radius 3 is 2.66 bits per heavy atom. The summed E-state index contributed by atoms with van der Waals surface area (Å²) in [6, 6.07) is 11.7. The van der Waals surface area contributed by atoms with E-state index < -0.39 is 17.4 Å². The number of aromatic nitrogens is 2. The first kappa shape index (κ1) is 19.9. The lowest BCUT2D eigenvalue weighted by molar-refractivity contribution is -0.117. The number of rotatable bonds is 6. The molecule has 3 rings (SSSR count). The lowest BCUT2D eigenvalue weighted by Gasteiger charge is -2.21. The Balaban J connectivity index is 1.84. The van der Waals surface area contributed by atoms with Crippen molar-refractivity contribution in [1.29, 1.82) is 0 Å². The Bertz CT molecular complexity index is 1090. The molecule has 2 aromatic heterocycles. The summed E-state index contributed by atoms with van der Waals surface area (Å²) < 4.78 is 5.23. The highest BCUT2D eigenvalue weighted by molar-refractivity contribution is 6.33. The van der Waals surface area contributed by atoms with Gasteiger partial charge in [-0.25, -0.2) is 5.10 Å². The molecule has 2 amide bonds. The quantitative estimate of drug-likeness (QED) is 0.419. The highest BCUT2D eigenvalue weighted by Gasteiger charge is 2.18. The van der Waals surface area contributed by atoms with Gasteiger partial charge in [0.05, 0.1) is 12.5 Å². The summed E-state index contributed by atoms with van der Waals surface area (Å²) in [6.07, 6.45) is 4.10. The number of hydrogen-bond acceptors (Lipinski definition) is 6. The number of benzene rings is 1. The number of hydrazine groups is 1. The zero-order valence-corrected chi connectivity index (χ0v) is 15.9. The molecule has 9 nitrogen and oxygen atoms in total. The summed E-state index contributed by atoms with van der Waals surface area (Å²) in [4.78, 5) is 36.9. The molecule has 29 heavy (non-hydrogen) atoms. The van der Waals surface area contributed by atoms with Crippen molar-refractivity contribution in [2.24, 2.45) is 0 Å². The van der Waals surface area contributed by atoms with Crippen LogP contribution >= 0.6 is 11.6 Å². The van der Waals surface area contributed by atoms with E-state index in [1.165, 1.54) is 30.6 Å². The number of nitrogens with zero attached hydrogens (tertiary/aromatic N) is 2. The van der Waals surface area contributed by atoms with Crippen LogP contribution in [-0.2, 0) is 4.79 Å². The van der Waals surface area contributed by atoms with Crippen molar-refractivity contribution in [3.8, 4) is 0 Å². The van der Waals surface area contributed by atoms with Gasteiger partial charge >= 0.3 is 0 Å². The minimum Gasteiger partial charge on any atom is -0.465 e. The van der Waals surface area contributed by atoms with Gasteiger partial charge in [0.1, 0.15) is 22.2 Å². The fourth-order valence-corrected chi connectivity index (χ4v) is 2.56. The first-order valence-corrected chi connectivity index (χ1v) is 8.73. The monoisotopic (exact) mass is 413 g/mol. The topological polar surface area (TPSA) is 120 Å². The Kier molecular flexibility index (Phi) is 6.10. The summed E-state index contributed by atoms with van der Waals surface area (Å²) in [5.74, 6) is -0.774. The van der Waals surface area contributed by atoms with Gasteiger partial charge in [-0.3, -0.25) is 24.8 Å². The third kappa shape index (κ3) is 4.90. The number of carbonyl (C=O) groups excluding carboxylic acids is 2. The summed E-state index contributed by atoms with van der Waals surface area (Å²) in [5, 5.41) is 9.48. The second-order valence-corrected chi connectivity index (χ2v) is 6.17. The van der Waals surface area contributed by atoms with E-state index in [1.54, 1.807) is 42.5 Å². The molecule has 0 atom stereocenters. The van der Waals surface area contributed by atoms with E-state index >= 15 is 0 Å². The number of aromatic amines is 1. The molecule has 0 aliphatic rings. The van der Waals surface area contributed by atoms with Gasteiger partial charge in [-0.2, -0.15) is 5.10 Å². The van der Waals surface area contributed by atoms with Crippen LogP contribution in [0, 0.1) is 0 Å². The van der Waals surface area contributed by atoms with Crippen LogP contribution in [0.25, 0.3) is 6.08 Å². The van der Waals surface area contributed by atoms with Gasteiger partial charge in [0, 0.05) is 18.7 Å². The lowest BCUT2D eigenvalue weighted by Crippen LogP contribution is -2.44. The third-order valence-electron chi connectivity index (χ3n) is 3.77. The van der Waals surface area contributed by atoms with E-state index in [0.29, 0.717) is 11.3 Å². The molecule has 0 bridgehead atoms. The Hall–Kier alpha value is -3.85. The zero-order valence-electron chi connectivity index (χ0n) is 15.2. The highest BCUT2D eigenvalue weighted by Crippen LogP contribution is 2.17. The van der Waals surface area contributed by atoms with E-state index in [1.807, 2.05) is 0 Å². The number of furan rings is 1. The maximum absolute atomic E-state index is 12.8. The molecule has 10 heteroatoms. The van der Waals surface area contributed by atoms with Crippen LogP contribution in [0.15, 0.2) is 69.8 Å². The fourth-order valence-electron chi connectivity index (χ4n) is 2.34. The Labute approximate surface area is 170 Å². The van der Waals surface area contributed by atoms with Crippen molar-refractivity contribution >= 4 is 35.2 Å². The fraction of sp³-hybridized carbons (Fsp3) is 0.0526. The van der Waals surface area contributed by atoms with E-state index in [0.717, 1.165) is 0 Å². The lowest BCUT2D eigenvalue weighted by atomic mass is 10.2. The number of hydrogen-bond donors (Lipinski definition) is 3. The van der Waals surface area contributed by atoms with Crippen molar-refractivity contribution in [3.05, 3.63) is 87.3 Å². The average Bonchev–Trinajstić information content (AvgIpc) is 3.23. The predicted octanol–water partition coefficient (Wildman–Crippen LogP) is 1.95. The van der Waals surface area contributed by atoms with E-state index in [2.05, 4.69) is 20.9 Å². The largest absolute Gasteiger partial charge is 0.465 e. The maximum Gasteiger partial charge on any atom is 0.286 e. The van der Waals surface area contributed by atoms with Crippen LogP contribution in [0.2, 0.25) is 5.02 Å². The minimum absolute atomic E-state index is 0.0745. The standard InChI is InChI=1S/C19H16ClN5O4/c1-25(15-11-21-23-19(28)16(15)20)24-18(27)14(10-13-8-5-9-29-13)22-17(26)12-6-3-2-4-7-12/h2-11H,1H3,(H,22,26)(H,23,28)(H,24,27)/b14-10+. The second-order valence-electron chi connectivity index (χ2n) is 5.79. The summed E-state index contributed by atoms with van der Waals surface area (Å²) in [5.41, 5.74) is 2.40. The third-order valence-corrected chi connectivity index (χ3v) is 4.13. The Morgan fingerprint density at radius 2 is 1.97 bits per heavy atom. The molecule has 0 aliphatic heterocycles. The molecule has 3 N–H and O–H groups in total. The van der Waals surface area contributed by atoms with Crippen LogP contribution in [0.3, 0.4) is 0 Å². The summed E-state index contributed by atoms with van der Waals surface area (Å²) in [6.45, 7) is 0. The highest BCUT2D eigenvalue weighted by atomic mass is 35.5. The number of H-pyrrole nitrogens is 1. The molecule has 0 aliphatic carbocycles. The normalized spacial score (nSPS) is 11.0.